The zero-order valence-electron chi connectivity index (χ0n) is 18.7. The molecule has 10 heteroatoms. The summed E-state index contributed by atoms with van der Waals surface area (Å²) in [5, 5.41) is 2.75. The molecule has 0 aliphatic heterocycles. The maximum atomic E-state index is 13.0. The molecule has 35 heavy (non-hydrogen) atoms. The second-order valence-corrected chi connectivity index (χ2v) is 8.39. The van der Waals surface area contributed by atoms with Gasteiger partial charge in [0.25, 0.3) is 11.5 Å². The molecule has 0 unspecified atom stereocenters. The third kappa shape index (κ3) is 6.12. The minimum Gasteiger partial charge on any atom is -0.465 e. The zero-order valence-corrected chi connectivity index (χ0v) is 19.6. The Bertz CT molecular complexity index is 1450. The number of rotatable bonds is 7. The van der Waals surface area contributed by atoms with E-state index in [0.717, 1.165) is 22.5 Å². The molecule has 0 aliphatic carbocycles. The monoisotopic (exact) mass is 487 g/mol. The summed E-state index contributed by atoms with van der Waals surface area (Å²) in [4.78, 5) is 51.0. The number of nitrogens with zero attached hydrogens (tertiary/aromatic N) is 4. The van der Waals surface area contributed by atoms with Gasteiger partial charge in [0.2, 0.25) is 0 Å². The number of hydrogen-bond acceptors (Lipinski definition) is 8. The van der Waals surface area contributed by atoms with Gasteiger partial charge in [0.1, 0.15) is 4.88 Å². The number of nitrogens with one attached hydrogen (secondary N) is 1. The van der Waals surface area contributed by atoms with E-state index in [2.05, 4.69) is 25.0 Å². The molecule has 0 saturated heterocycles. The van der Waals surface area contributed by atoms with E-state index in [1.807, 2.05) is 18.2 Å². The fourth-order valence-electron chi connectivity index (χ4n) is 3.17. The summed E-state index contributed by atoms with van der Waals surface area (Å²) < 4.78 is 6.20. The molecule has 3 aromatic heterocycles. The predicted octanol–water partition coefficient (Wildman–Crippen LogP) is 2.89. The molecule has 0 bridgehead atoms. The van der Waals surface area contributed by atoms with Gasteiger partial charge in [-0.3, -0.25) is 29.1 Å². The molecule has 1 amide bonds. The van der Waals surface area contributed by atoms with Gasteiger partial charge in [0, 0.05) is 36.5 Å². The fraction of sp³-hybridized carbons (Fsp3) is 0.120. The molecule has 0 radical (unpaired) electrons. The Balaban J connectivity index is 1.65. The van der Waals surface area contributed by atoms with Crippen LogP contribution in [0, 0.1) is 0 Å². The van der Waals surface area contributed by atoms with Crippen molar-refractivity contribution < 1.29 is 14.3 Å². The first-order valence-corrected chi connectivity index (χ1v) is 11.4. The summed E-state index contributed by atoms with van der Waals surface area (Å²) in [7, 11) is 1.30. The minimum atomic E-state index is -0.470. The lowest BCUT2D eigenvalue weighted by Gasteiger charge is -2.09. The molecule has 0 atom stereocenters. The maximum Gasteiger partial charge on any atom is 0.337 e. The van der Waals surface area contributed by atoms with Crippen molar-refractivity contribution in [2.45, 2.75) is 13.1 Å². The summed E-state index contributed by atoms with van der Waals surface area (Å²) in [6.07, 6.45) is 6.72. The smallest absolute Gasteiger partial charge is 0.337 e. The van der Waals surface area contributed by atoms with Crippen LogP contribution in [0.3, 0.4) is 0 Å². The second-order valence-electron chi connectivity index (χ2n) is 7.38. The first-order valence-electron chi connectivity index (χ1n) is 10.6. The molecular formula is C25H21N5O4S. The average molecular weight is 488 g/mol. The topological polar surface area (TPSA) is 116 Å². The van der Waals surface area contributed by atoms with Crippen molar-refractivity contribution in [3.8, 4) is 0 Å². The van der Waals surface area contributed by atoms with Crippen LogP contribution in [0.1, 0.15) is 31.2 Å². The highest BCUT2D eigenvalue weighted by Crippen LogP contribution is 2.13. The number of esters is 1. The highest BCUT2D eigenvalue weighted by atomic mass is 32.1. The highest BCUT2D eigenvalue weighted by Gasteiger charge is 2.13. The van der Waals surface area contributed by atoms with Gasteiger partial charge < -0.3 is 10.1 Å². The van der Waals surface area contributed by atoms with E-state index in [-0.39, 0.29) is 17.0 Å². The lowest BCUT2D eigenvalue weighted by molar-refractivity contribution is 0.0600. The van der Waals surface area contributed by atoms with E-state index in [1.54, 1.807) is 55.1 Å². The number of benzene rings is 1. The number of hydrogen-bond donors (Lipinski definition) is 1. The first-order chi connectivity index (χ1) is 17.0. The molecule has 176 valence electrons. The van der Waals surface area contributed by atoms with Crippen molar-refractivity contribution in [2.24, 2.45) is 4.99 Å². The van der Waals surface area contributed by atoms with E-state index >= 15 is 0 Å². The van der Waals surface area contributed by atoms with Gasteiger partial charge in [-0.1, -0.05) is 23.5 Å². The lowest BCUT2D eigenvalue weighted by Crippen LogP contribution is -2.33. The van der Waals surface area contributed by atoms with Crippen molar-refractivity contribution in [2.75, 3.05) is 12.4 Å². The number of methoxy groups -OCH3 is 1. The average Bonchev–Trinajstić information content (AvgIpc) is 2.90. The number of pyridine rings is 2. The molecule has 4 rings (SSSR count). The normalized spacial score (nSPS) is 11.2. The lowest BCUT2D eigenvalue weighted by atomic mass is 10.2. The van der Waals surface area contributed by atoms with Crippen molar-refractivity contribution in [1.82, 2.24) is 14.5 Å². The van der Waals surface area contributed by atoms with Crippen LogP contribution < -0.4 is 15.7 Å². The van der Waals surface area contributed by atoms with Crippen LogP contribution in [0.5, 0.6) is 0 Å². The summed E-state index contributed by atoms with van der Waals surface area (Å²) in [5.74, 6) is -0.925. The van der Waals surface area contributed by atoms with Gasteiger partial charge in [-0.2, -0.15) is 0 Å². The van der Waals surface area contributed by atoms with Gasteiger partial charge in [-0.15, -0.1) is 0 Å². The number of aromatic nitrogens is 3. The molecule has 0 fully saturated rings. The van der Waals surface area contributed by atoms with Crippen molar-refractivity contribution in [1.29, 1.82) is 0 Å². The van der Waals surface area contributed by atoms with Crippen LogP contribution in [0.4, 0.5) is 5.69 Å². The van der Waals surface area contributed by atoms with E-state index < -0.39 is 11.9 Å². The van der Waals surface area contributed by atoms with Crippen LogP contribution in [0.2, 0.25) is 0 Å². The van der Waals surface area contributed by atoms with Crippen LogP contribution in [-0.2, 0) is 17.8 Å². The zero-order chi connectivity index (χ0) is 24.6. The first kappa shape index (κ1) is 23.7. The number of ether oxygens (including phenoxy) is 1. The standard InChI is InChI=1S/C25H21N5O4S/c1-34-24(33)19-6-8-20(9-7-19)29-23(32)21-12-22(31)30(16-18-5-3-11-27-14-18)25(35-21)28-15-17-4-2-10-26-13-17/h2-14H,15-16H2,1H3,(H,29,32). The third-order valence-corrected chi connectivity index (χ3v) is 5.98. The summed E-state index contributed by atoms with van der Waals surface area (Å²) >= 11 is 1.11. The van der Waals surface area contributed by atoms with E-state index in [9.17, 15) is 14.4 Å². The maximum absolute atomic E-state index is 13.0. The van der Waals surface area contributed by atoms with Crippen molar-refractivity contribution in [3.63, 3.8) is 0 Å². The highest BCUT2D eigenvalue weighted by molar-refractivity contribution is 7.11. The molecule has 9 nitrogen and oxygen atoms in total. The Morgan fingerprint density at radius 1 is 1.03 bits per heavy atom. The Kier molecular flexibility index (Phi) is 7.53. The Labute approximate surface area is 204 Å². The van der Waals surface area contributed by atoms with Gasteiger partial charge in [0.15, 0.2) is 4.80 Å². The van der Waals surface area contributed by atoms with Crippen LogP contribution in [0.15, 0.2) is 89.2 Å². The molecule has 0 saturated carbocycles. The van der Waals surface area contributed by atoms with Crippen LogP contribution >= 0.6 is 11.3 Å². The molecule has 1 N–H and O–H groups in total. The van der Waals surface area contributed by atoms with Crippen molar-refractivity contribution in [3.05, 3.63) is 116 Å². The fourth-order valence-corrected chi connectivity index (χ4v) is 4.06. The Morgan fingerprint density at radius 2 is 1.71 bits per heavy atom. The number of carbonyl (C=O) groups excluding carboxylic acids is 2. The minimum absolute atomic E-state index is 0.208. The molecule has 3 heterocycles. The number of carbonyl (C=O) groups is 2. The predicted molar refractivity (Wildman–Crippen MR) is 131 cm³/mol. The summed E-state index contributed by atoms with van der Waals surface area (Å²) in [6, 6.07) is 14.9. The number of amides is 1. The summed E-state index contributed by atoms with van der Waals surface area (Å²) in [5.41, 5.74) is 2.19. The molecule has 4 aromatic rings. The largest absolute Gasteiger partial charge is 0.465 e. The number of anilines is 1. The van der Waals surface area contributed by atoms with Crippen molar-refractivity contribution >= 4 is 28.9 Å². The molecule has 0 spiro atoms. The third-order valence-electron chi connectivity index (χ3n) is 4.92. The van der Waals surface area contributed by atoms with E-state index in [4.69, 9.17) is 0 Å². The molecule has 1 aromatic carbocycles. The Morgan fingerprint density at radius 3 is 2.34 bits per heavy atom. The van der Waals surface area contributed by atoms with Crippen LogP contribution in [0.25, 0.3) is 0 Å². The quantitative estimate of drug-likeness (QED) is 0.401. The van der Waals surface area contributed by atoms with Crippen LogP contribution in [-0.4, -0.2) is 33.5 Å². The summed E-state index contributed by atoms with van der Waals surface area (Å²) in [6.45, 7) is 0.572. The van der Waals surface area contributed by atoms with Gasteiger partial charge >= 0.3 is 5.97 Å². The van der Waals surface area contributed by atoms with E-state index in [0.29, 0.717) is 22.6 Å². The molecular weight excluding hydrogens is 466 g/mol. The van der Waals surface area contributed by atoms with Gasteiger partial charge in [0.05, 0.1) is 25.8 Å². The molecule has 0 aliphatic rings. The SMILES string of the molecule is COC(=O)c1ccc(NC(=O)c2cc(=O)n(Cc3cccnc3)c(=NCc3cccnc3)s2)cc1. The van der Waals surface area contributed by atoms with Gasteiger partial charge in [-0.05, 0) is 47.5 Å². The van der Waals surface area contributed by atoms with Gasteiger partial charge in [-0.25, -0.2) is 4.79 Å². The Hall–Kier alpha value is -4.44. The second kappa shape index (κ2) is 11.1. The van der Waals surface area contributed by atoms with E-state index in [1.165, 1.54) is 17.7 Å².